The molecule has 1 aliphatic heterocycles. The third-order valence-corrected chi connectivity index (χ3v) is 4.87. The largest absolute Gasteiger partial charge is 0.424 e. The Bertz CT molecular complexity index is 1090. The van der Waals surface area contributed by atoms with Crippen molar-refractivity contribution in [3.8, 4) is 5.88 Å². The fourth-order valence-corrected chi connectivity index (χ4v) is 3.42. The number of carbonyl (C=O) groups is 1. The highest BCUT2D eigenvalue weighted by Gasteiger charge is 2.22. The second kappa shape index (κ2) is 8.15. The number of pyridine rings is 1. The van der Waals surface area contributed by atoms with Gasteiger partial charge in [0, 0.05) is 29.5 Å². The molecule has 2 aliphatic rings. The summed E-state index contributed by atoms with van der Waals surface area (Å²) in [5.74, 6) is 0.949. The van der Waals surface area contributed by atoms with Crippen molar-refractivity contribution in [2.45, 2.75) is 6.42 Å². The second-order valence-electron chi connectivity index (χ2n) is 6.11. The van der Waals surface area contributed by atoms with Crippen molar-refractivity contribution in [1.29, 1.82) is 0 Å². The van der Waals surface area contributed by atoms with Gasteiger partial charge in [-0.25, -0.2) is 4.98 Å². The fourth-order valence-electron chi connectivity index (χ4n) is 2.85. The summed E-state index contributed by atoms with van der Waals surface area (Å²) in [6.07, 6.45) is 4.68. The Morgan fingerprint density at radius 1 is 1.10 bits per heavy atom. The minimum atomic E-state index is -0.530. The molecule has 2 aromatic rings. The number of rotatable bonds is 5. The van der Waals surface area contributed by atoms with Crippen LogP contribution in [0, 0.1) is 10.1 Å². The molecule has 144 valence electrons. The first-order chi connectivity index (χ1) is 14.1. The van der Waals surface area contributed by atoms with Gasteiger partial charge in [-0.1, -0.05) is 42.1 Å². The molecule has 0 bridgehead atoms. The standard InChI is InChI=1S/C21H14N2O5S/c24-16-7-8-17(18(10-16)14-4-2-1-3-5-14)19-12-29-13-21(27-19)28-20-9-6-15(11-22-20)23(25)26/h1-9,11-13H,10H2. The van der Waals surface area contributed by atoms with Crippen LogP contribution in [-0.4, -0.2) is 15.7 Å². The monoisotopic (exact) mass is 406 g/mol. The maximum absolute atomic E-state index is 12.0. The summed E-state index contributed by atoms with van der Waals surface area (Å²) in [6.45, 7) is 0. The van der Waals surface area contributed by atoms with Crippen LogP contribution in [0.2, 0.25) is 0 Å². The van der Waals surface area contributed by atoms with Crippen molar-refractivity contribution in [3.05, 3.63) is 105 Å². The predicted molar refractivity (Wildman–Crippen MR) is 108 cm³/mol. The van der Waals surface area contributed by atoms with Gasteiger partial charge in [-0.15, -0.1) is 0 Å². The Balaban J connectivity index is 1.56. The number of hydrogen-bond acceptors (Lipinski definition) is 7. The Kier molecular flexibility index (Phi) is 5.26. The molecule has 1 aromatic carbocycles. The van der Waals surface area contributed by atoms with Gasteiger partial charge in [-0.05, 0) is 23.3 Å². The van der Waals surface area contributed by atoms with E-state index in [1.165, 1.54) is 30.0 Å². The van der Waals surface area contributed by atoms with Crippen molar-refractivity contribution in [3.63, 3.8) is 0 Å². The summed E-state index contributed by atoms with van der Waals surface area (Å²) in [6, 6.07) is 12.4. The molecule has 0 atom stereocenters. The van der Waals surface area contributed by atoms with E-state index < -0.39 is 4.92 Å². The first-order valence-electron chi connectivity index (χ1n) is 8.62. The predicted octanol–water partition coefficient (Wildman–Crippen LogP) is 4.76. The van der Waals surface area contributed by atoms with Crippen molar-refractivity contribution in [1.82, 2.24) is 4.98 Å². The third kappa shape index (κ3) is 4.27. The molecule has 0 unspecified atom stereocenters. The van der Waals surface area contributed by atoms with Crippen LogP contribution in [0.1, 0.15) is 12.0 Å². The quantitative estimate of drug-likeness (QED) is 0.522. The zero-order valence-electron chi connectivity index (χ0n) is 15.0. The van der Waals surface area contributed by atoms with E-state index >= 15 is 0 Å². The van der Waals surface area contributed by atoms with Crippen LogP contribution in [0.5, 0.6) is 5.88 Å². The van der Waals surface area contributed by atoms with Crippen molar-refractivity contribution in [2.24, 2.45) is 0 Å². The molecule has 0 fully saturated rings. The van der Waals surface area contributed by atoms with E-state index in [1.807, 2.05) is 35.7 Å². The first-order valence-corrected chi connectivity index (χ1v) is 9.56. The third-order valence-electron chi connectivity index (χ3n) is 4.19. The van der Waals surface area contributed by atoms with Gasteiger partial charge in [-0.2, -0.15) is 0 Å². The van der Waals surface area contributed by atoms with Crippen LogP contribution in [0.4, 0.5) is 5.69 Å². The highest BCUT2D eigenvalue weighted by molar-refractivity contribution is 8.05. The number of aromatic nitrogens is 1. The van der Waals surface area contributed by atoms with E-state index in [1.54, 1.807) is 11.5 Å². The number of ketones is 1. The van der Waals surface area contributed by atoms with Crippen LogP contribution in [0.15, 0.2) is 88.9 Å². The lowest BCUT2D eigenvalue weighted by atomic mass is 9.90. The van der Waals surface area contributed by atoms with E-state index in [0.717, 1.165) is 22.9 Å². The molecule has 0 radical (unpaired) electrons. The molecule has 8 heteroatoms. The Labute approximate surface area is 170 Å². The minimum Gasteiger partial charge on any atom is -0.424 e. The maximum atomic E-state index is 12.0. The Hall–Kier alpha value is -3.65. The smallest absolute Gasteiger partial charge is 0.298 e. The topological polar surface area (TPSA) is 91.6 Å². The number of benzene rings is 1. The lowest BCUT2D eigenvalue weighted by Crippen LogP contribution is -2.10. The molecule has 0 amide bonds. The molecular formula is C21H14N2O5S. The van der Waals surface area contributed by atoms with Crippen LogP contribution in [-0.2, 0) is 9.53 Å². The van der Waals surface area contributed by atoms with Gasteiger partial charge in [0.15, 0.2) is 5.78 Å². The van der Waals surface area contributed by atoms with Gasteiger partial charge in [0.25, 0.3) is 11.6 Å². The average molecular weight is 406 g/mol. The molecule has 1 aromatic heterocycles. The van der Waals surface area contributed by atoms with Crippen molar-refractivity contribution in [2.75, 3.05) is 0 Å². The highest BCUT2D eigenvalue weighted by Crippen LogP contribution is 2.36. The van der Waals surface area contributed by atoms with Gasteiger partial charge < -0.3 is 9.47 Å². The molecule has 0 spiro atoms. The number of hydrogen-bond donors (Lipinski definition) is 0. The van der Waals surface area contributed by atoms with Crippen LogP contribution in [0.3, 0.4) is 0 Å². The zero-order valence-corrected chi connectivity index (χ0v) is 15.8. The van der Waals surface area contributed by atoms with Gasteiger partial charge >= 0.3 is 0 Å². The van der Waals surface area contributed by atoms with E-state index in [0.29, 0.717) is 5.76 Å². The summed E-state index contributed by atoms with van der Waals surface area (Å²) in [4.78, 5) is 26.1. The van der Waals surface area contributed by atoms with Crippen molar-refractivity contribution < 1.29 is 19.2 Å². The molecule has 7 nitrogen and oxygen atoms in total. The second-order valence-corrected chi connectivity index (χ2v) is 6.85. The zero-order chi connectivity index (χ0) is 20.2. The molecule has 1 aliphatic carbocycles. The number of thioether (sulfide) groups is 1. The summed E-state index contributed by atoms with van der Waals surface area (Å²) >= 11 is 1.37. The average Bonchev–Trinajstić information content (AvgIpc) is 2.75. The fraction of sp³-hybridized carbons (Fsp3) is 0.0476. The van der Waals surface area contributed by atoms with E-state index in [4.69, 9.17) is 9.47 Å². The normalized spacial score (nSPS) is 16.1. The molecule has 29 heavy (non-hydrogen) atoms. The van der Waals surface area contributed by atoms with Gasteiger partial charge in [0.05, 0.1) is 10.3 Å². The number of ether oxygens (including phenoxy) is 2. The number of carbonyl (C=O) groups excluding carboxylic acids is 1. The Morgan fingerprint density at radius 2 is 1.93 bits per heavy atom. The van der Waals surface area contributed by atoms with E-state index in [9.17, 15) is 14.9 Å². The summed E-state index contributed by atoms with van der Waals surface area (Å²) in [7, 11) is 0. The van der Waals surface area contributed by atoms with Gasteiger partial charge in [-0.3, -0.25) is 14.9 Å². The number of nitro groups is 1. The van der Waals surface area contributed by atoms with E-state index in [-0.39, 0.29) is 29.7 Å². The van der Waals surface area contributed by atoms with E-state index in [2.05, 4.69) is 4.98 Å². The maximum Gasteiger partial charge on any atom is 0.298 e. The molecule has 4 rings (SSSR count). The highest BCUT2D eigenvalue weighted by atomic mass is 32.2. The summed E-state index contributed by atoms with van der Waals surface area (Å²) < 4.78 is 11.5. The van der Waals surface area contributed by atoms with Gasteiger partial charge in [0.2, 0.25) is 5.88 Å². The lowest BCUT2D eigenvalue weighted by Gasteiger charge is -2.21. The first kappa shape index (κ1) is 18.7. The van der Waals surface area contributed by atoms with Crippen LogP contribution in [0.25, 0.3) is 5.57 Å². The Morgan fingerprint density at radius 3 is 2.66 bits per heavy atom. The molecular weight excluding hydrogens is 392 g/mol. The molecule has 2 heterocycles. The number of nitrogens with zero attached hydrogens (tertiary/aromatic N) is 2. The van der Waals surface area contributed by atoms with Crippen molar-refractivity contribution >= 4 is 28.8 Å². The van der Waals surface area contributed by atoms with Crippen LogP contribution >= 0.6 is 11.8 Å². The number of allylic oxidation sites excluding steroid dienone is 3. The van der Waals surface area contributed by atoms with Crippen LogP contribution < -0.4 is 4.74 Å². The summed E-state index contributed by atoms with van der Waals surface area (Å²) in [5.41, 5.74) is 2.50. The molecule has 0 saturated carbocycles. The summed E-state index contributed by atoms with van der Waals surface area (Å²) in [5, 5.41) is 14.2. The van der Waals surface area contributed by atoms with Gasteiger partial charge in [0.1, 0.15) is 12.0 Å². The molecule has 0 N–H and O–H groups in total. The molecule has 0 saturated heterocycles. The lowest BCUT2D eigenvalue weighted by molar-refractivity contribution is -0.385. The SMILES string of the molecule is O=C1C=CC(C2=CSC=C(Oc3ccc([N+](=O)[O-])cn3)O2)=C(c2ccccc2)C1. The minimum absolute atomic E-state index is 0.0266.